The van der Waals surface area contributed by atoms with Crippen LogP contribution < -0.4 is 20.5 Å². The number of phosphoric acid groups is 1. The normalized spacial score (nSPS) is 24.0. The number of fused-ring (bicyclic) bond motifs is 1. The van der Waals surface area contributed by atoms with Gasteiger partial charge in [0.1, 0.15) is 18.5 Å². The molecule has 0 bridgehead atoms. The standard InChI is InChI=1S/C22H26F2N3O9P/c1-12(2)36-37(30,31)33-11-15-9-22(23,24)20(35-15)27-7-6-18(26-21(27)29)25-19(28)14-4-5-16-17(8-14)34-13(3)10-32-16/h4-8,12-13,15,20H,9-11H2,1-3H3,(H,30,31)(H,25,26,28,29)/t13?,15-,20?/m0/s1. The molecule has 0 radical (unpaired) electrons. The van der Waals surface area contributed by atoms with Crippen LogP contribution >= 0.6 is 7.82 Å². The molecule has 4 atom stereocenters. The summed E-state index contributed by atoms with van der Waals surface area (Å²) in [5.74, 6) is -3.40. The van der Waals surface area contributed by atoms with Crippen molar-refractivity contribution in [1.29, 1.82) is 0 Å². The van der Waals surface area contributed by atoms with Crippen molar-refractivity contribution in [3.63, 3.8) is 0 Å². The molecule has 12 nitrogen and oxygen atoms in total. The van der Waals surface area contributed by atoms with E-state index in [-0.39, 0.29) is 17.5 Å². The largest absolute Gasteiger partial charge is 0.486 e. The van der Waals surface area contributed by atoms with Crippen molar-refractivity contribution >= 4 is 19.5 Å². The van der Waals surface area contributed by atoms with Gasteiger partial charge in [-0.2, -0.15) is 4.98 Å². The summed E-state index contributed by atoms with van der Waals surface area (Å²) in [6, 6.07) is 5.72. The molecule has 15 heteroatoms. The van der Waals surface area contributed by atoms with Crippen molar-refractivity contribution < 1.29 is 46.3 Å². The molecule has 202 valence electrons. The van der Waals surface area contributed by atoms with Crippen LogP contribution in [0.3, 0.4) is 0 Å². The molecule has 4 rings (SSSR count). The average molecular weight is 545 g/mol. The maximum atomic E-state index is 14.6. The molecule has 1 saturated heterocycles. The average Bonchev–Trinajstić information content (AvgIpc) is 3.10. The summed E-state index contributed by atoms with van der Waals surface area (Å²) >= 11 is 0. The van der Waals surface area contributed by atoms with Crippen LogP contribution in [-0.4, -0.2) is 57.8 Å². The third-order valence-electron chi connectivity index (χ3n) is 5.28. The minimum atomic E-state index is -4.46. The lowest BCUT2D eigenvalue weighted by Crippen LogP contribution is -2.35. The van der Waals surface area contributed by atoms with Crippen LogP contribution in [0.5, 0.6) is 11.5 Å². The molecule has 1 amide bonds. The lowest BCUT2D eigenvalue weighted by atomic mass is 10.1. The first-order valence-corrected chi connectivity index (χ1v) is 12.9. The van der Waals surface area contributed by atoms with Crippen LogP contribution in [0.2, 0.25) is 0 Å². The fourth-order valence-corrected chi connectivity index (χ4v) is 4.69. The van der Waals surface area contributed by atoms with E-state index in [9.17, 15) is 27.8 Å². The Morgan fingerprint density at radius 2 is 2.11 bits per heavy atom. The third kappa shape index (κ3) is 6.51. The Bertz CT molecular complexity index is 1270. The first-order valence-electron chi connectivity index (χ1n) is 11.4. The van der Waals surface area contributed by atoms with Crippen LogP contribution in [0.15, 0.2) is 35.3 Å². The maximum Gasteiger partial charge on any atom is 0.472 e. The molecule has 0 spiro atoms. The number of halogens is 2. The predicted octanol–water partition coefficient (Wildman–Crippen LogP) is 3.12. The second kappa shape index (κ2) is 10.5. The summed E-state index contributed by atoms with van der Waals surface area (Å²) in [4.78, 5) is 38.4. The second-order valence-corrected chi connectivity index (χ2v) is 10.3. The van der Waals surface area contributed by atoms with E-state index >= 15 is 0 Å². The molecule has 3 heterocycles. The number of carbonyl (C=O) groups is 1. The highest BCUT2D eigenvalue weighted by molar-refractivity contribution is 7.47. The molecular weight excluding hydrogens is 519 g/mol. The number of amides is 1. The van der Waals surface area contributed by atoms with E-state index in [0.717, 1.165) is 6.20 Å². The van der Waals surface area contributed by atoms with Gasteiger partial charge in [-0.15, -0.1) is 0 Å². The summed E-state index contributed by atoms with van der Waals surface area (Å²) in [5.41, 5.74) is -0.894. The first kappa shape index (κ1) is 27.1. The number of carbonyl (C=O) groups excluding carboxylic acids is 1. The van der Waals surface area contributed by atoms with Crippen molar-refractivity contribution in [2.24, 2.45) is 0 Å². The van der Waals surface area contributed by atoms with E-state index in [1.54, 1.807) is 6.07 Å². The van der Waals surface area contributed by atoms with Crippen molar-refractivity contribution in [2.75, 3.05) is 18.5 Å². The Hall–Kier alpha value is -2.90. The summed E-state index contributed by atoms with van der Waals surface area (Å²) in [5, 5.41) is 2.44. The Kier molecular flexibility index (Phi) is 7.67. The molecule has 37 heavy (non-hydrogen) atoms. The van der Waals surface area contributed by atoms with Crippen molar-refractivity contribution in [3.05, 3.63) is 46.5 Å². The topological polar surface area (TPSA) is 147 Å². The molecule has 2 aliphatic rings. The third-order valence-corrected chi connectivity index (χ3v) is 6.45. The number of hydrogen-bond acceptors (Lipinski definition) is 9. The number of benzene rings is 1. The highest BCUT2D eigenvalue weighted by Crippen LogP contribution is 2.47. The number of alkyl halides is 2. The SMILES string of the molecule is CC(C)OP(=O)(O)OC[C@@H]1CC(F)(F)C(n2ccc(NC(=O)c3ccc4c(c3)OC(C)CO4)nc2=O)O1. The number of ether oxygens (including phenoxy) is 3. The predicted molar refractivity (Wildman–Crippen MR) is 124 cm³/mol. The maximum absolute atomic E-state index is 14.6. The van der Waals surface area contributed by atoms with Gasteiger partial charge >= 0.3 is 13.5 Å². The molecule has 2 N–H and O–H groups in total. The fraction of sp³-hybridized carbons (Fsp3) is 0.500. The van der Waals surface area contributed by atoms with E-state index in [0.29, 0.717) is 22.7 Å². The van der Waals surface area contributed by atoms with Crippen LogP contribution in [0, 0.1) is 0 Å². The Morgan fingerprint density at radius 3 is 2.81 bits per heavy atom. The van der Waals surface area contributed by atoms with E-state index in [1.165, 1.54) is 32.0 Å². The number of rotatable bonds is 8. The molecule has 3 unspecified atom stereocenters. The number of nitrogens with one attached hydrogen (secondary N) is 1. The van der Waals surface area contributed by atoms with Gasteiger partial charge in [-0.25, -0.2) is 18.1 Å². The van der Waals surface area contributed by atoms with Gasteiger partial charge < -0.3 is 24.4 Å². The van der Waals surface area contributed by atoms with E-state index in [1.807, 2.05) is 6.92 Å². The van der Waals surface area contributed by atoms with Gasteiger partial charge in [-0.3, -0.25) is 18.4 Å². The minimum Gasteiger partial charge on any atom is -0.486 e. The Labute approximate surface area is 210 Å². The lowest BCUT2D eigenvalue weighted by Gasteiger charge is -2.24. The lowest BCUT2D eigenvalue weighted by molar-refractivity contribution is -0.120. The number of aromatic nitrogens is 2. The first-order chi connectivity index (χ1) is 17.3. The van der Waals surface area contributed by atoms with E-state index in [2.05, 4.69) is 10.3 Å². The van der Waals surface area contributed by atoms with Gasteiger partial charge in [-0.1, -0.05) is 0 Å². The van der Waals surface area contributed by atoms with Crippen molar-refractivity contribution in [1.82, 2.24) is 9.55 Å². The van der Waals surface area contributed by atoms with Crippen LogP contribution in [-0.2, 0) is 18.3 Å². The van der Waals surface area contributed by atoms with Gasteiger partial charge in [0.15, 0.2) is 11.5 Å². The van der Waals surface area contributed by atoms with Crippen LogP contribution in [0.4, 0.5) is 14.6 Å². The number of anilines is 1. The van der Waals surface area contributed by atoms with Gasteiger partial charge in [0.05, 0.1) is 18.8 Å². The molecule has 0 aliphatic carbocycles. The quantitative estimate of drug-likeness (QED) is 0.474. The van der Waals surface area contributed by atoms with Crippen molar-refractivity contribution in [3.8, 4) is 11.5 Å². The Morgan fingerprint density at radius 1 is 1.35 bits per heavy atom. The molecule has 0 saturated carbocycles. The monoisotopic (exact) mass is 545 g/mol. The molecule has 2 aliphatic heterocycles. The van der Waals surface area contributed by atoms with Gasteiger partial charge in [0.25, 0.3) is 11.8 Å². The van der Waals surface area contributed by atoms with Crippen molar-refractivity contribution in [2.45, 2.75) is 57.7 Å². The fourth-order valence-electron chi connectivity index (χ4n) is 3.74. The highest BCUT2D eigenvalue weighted by atomic mass is 31.2. The summed E-state index contributed by atoms with van der Waals surface area (Å²) < 4.78 is 67.5. The van der Waals surface area contributed by atoms with Crippen LogP contribution in [0.25, 0.3) is 0 Å². The molecule has 2 aromatic rings. The van der Waals surface area contributed by atoms with E-state index in [4.69, 9.17) is 23.3 Å². The van der Waals surface area contributed by atoms with Crippen LogP contribution in [0.1, 0.15) is 43.8 Å². The summed E-state index contributed by atoms with van der Waals surface area (Å²) in [6.07, 6.45) is -4.00. The zero-order valence-electron chi connectivity index (χ0n) is 20.1. The van der Waals surface area contributed by atoms with Gasteiger partial charge in [0, 0.05) is 18.2 Å². The number of phosphoric ester groups is 1. The van der Waals surface area contributed by atoms with Gasteiger partial charge in [-0.05, 0) is 45.0 Å². The minimum absolute atomic E-state index is 0.164. The highest BCUT2D eigenvalue weighted by Gasteiger charge is 2.52. The van der Waals surface area contributed by atoms with E-state index < -0.39 is 56.8 Å². The number of nitrogens with zero attached hydrogens (tertiary/aromatic N) is 2. The summed E-state index contributed by atoms with van der Waals surface area (Å²) in [6.45, 7) is 4.55. The zero-order valence-corrected chi connectivity index (χ0v) is 21.0. The second-order valence-electron chi connectivity index (χ2n) is 8.85. The van der Waals surface area contributed by atoms with Gasteiger partial charge in [0.2, 0.25) is 6.23 Å². The molecule has 1 aromatic heterocycles. The number of hydrogen-bond donors (Lipinski definition) is 2. The summed E-state index contributed by atoms with van der Waals surface area (Å²) in [7, 11) is -4.46. The molecule has 1 aromatic carbocycles. The zero-order chi connectivity index (χ0) is 27.0. The molecular formula is C22H26F2N3O9P. The molecule has 1 fully saturated rings. The smallest absolute Gasteiger partial charge is 0.472 e. The Balaban J connectivity index is 1.42.